The van der Waals surface area contributed by atoms with Gasteiger partial charge in [-0.05, 0) is 36.4 Å². The Kier molecular flexibility index (Phi) is 5.13. The molecule has 0 heterocycles. The lowest BCUT2D eigenvalue weighted by molar-refractivity contribution is -0.138. The van der Waals surface area contributed by atoms with Crippen LogP contribution in [0.2, 0.25) is 0 Å². The van der Waals surface area contributed by atoms with Crippen molar-refractivity contribution in [2.75, 3.05) is 11.8 Å². The topological polar surface area (TPSA) is 55.4 Å². The van der Waals surface area contributed by atoms with Gasteiger partial charge in [-0.25, -0.2) is 8.42 Å². The molecule has 0 fully saturated rings. The summed E-state index contributed by atoms with van der Waals surface area (Å²) < 4.78 is 108. The lowest BCUT2D eigenvalue weighted by Gasteiger charge is -2.15. The fourth-order valence-corrected chi connectivity index (χ4v) is 3.11. The maximum Gasteiger partial charge on any atom is 0.416 e. The van der Waals surface area contributed by atoms with E-state index in [4.69, 9.17) is 4.74 Å². The van der Waals surface area contributed by atoms with E-state index in [2.05, 4.69) is 0 Å². The summed E-state index contributed by atoms with van der Waals surface area (Å²) in [6.45, 7) is 0. The Morgan fingerprint density at radius 2 is 1.46 bits per heavy atom. The Morgan fingerprint density at radius 3 is 2.00 bits per heavy atom. The van der Waals surface area contributed by atoms with Gasteiger partial charge in [-0.2, -0.15) is 26.3 Å². The van der Waals surface area contributed by atoms with E-state index in [1.54, 1.807) is 0 Å². The van der Waals surface area contributed by atoms with E-state index in [-0.39, 0.29) is 5.75 Å². The van der Waals surface area contributed by atoms with Crippen LogP contribution >= 0.6 is 0 Å². The van der Waals surface area contributed by atoms with E-state index < -0.39 is 44.1 Å². The molecular formula is C15H11F6NO3S. The van der Waals surface area contributed by atoms with Crippen molar-refractivity contribution in [3.63, 3.8) is 0 Å². The van der Waals surface area contributed by atoms with Gasteiger partial charge in [0, 0.05) is 0 Å². The van der Waals surface area contributed by atoms with Gasteiger partial charge in [0.25, 0.3) is 10.0 Å². The van der Waals surface area contributed by atoms with Gasteiger partial charge in [0.05, 0.1) is 28.8 Å². The van der Waals surface area contributed by atoms with Crippen molar-refractivity contribution in [1.29, 1.82) is 0 Å². The van der Waals surface area contributed by atoms with E-state index in [0.717, 1.165) is 25.3 Å². The zero-order chi connectivity index (χ0) is 19.8. The second-order valence-corrected chi connectivity index (χ2v) is 6.73. The molecule has 0 atom stereocenters. The summed E-state index contributed by atoms with van der Waals surface area (Å²) in [5.41, 5.74) is -2.92. The third-order valence-electron chi connectivity index (χ3n) is 3.24. The number of halogens is 6. The van der Waals surface area contributed by atoms with Gasteiger partial charge < -0.3 is 4.74 Å². The molecule has 0 bridgehead atoms. The number of nitrogens with one attached hydrogen (secondary N) is 1. The minimum atomic E-state index is -4.78. The zero-order valence-corrected chi connectivity index (χ0v) is 13.8. The van der Waals surface area contributed by atoms with E-state index in [1.807, 2.05) is 4.72 Å². The molecule has 0 unspecified atom stereocenters. The van der Waals surface area contributed by atoms with Crippen LogP contribution in [0.15, 0.2) is 47.4 Å². The normalized spacial score (nSPS) is 12.7. The van der Waals surface area contributed by atoms with Crippen LogP contribution in [0, 0.1) is 0 Å². The van der Waals surface area contributed by atoms with E-state index >= 15 is 0 Å². The molecular weight excluding hydrogens is 388 g/mol. The number of sulfonamides is 1. The molecule has 2 rings (SSSR count). The maximum absolute atomic E-state index is 12.8. The van der Waals surface area contributed by atoms with Gasteiger partial charge in [0.15, 0.2) is 0 Å². The number of alkyl halides is 6. The predicted molar refractivity (Wildman–Crippen MR) is 80.2 cm³/mol. The first kappa shape index (κ1) is 19.9. The lowest BCUT2D eigenvalue weighted by atomic mass is 10.2. The molecule has 0 aliphatic carbocycles. The van der Waals surface area contributed by atoms with Gasteiger partial charge in [-0.3, -0.25) is 4.72 Å². The largest absolute Gasteiger partial charge is 0.495 e. The molecule has 0 saturated carbocycles. The Hall–Kier alpha value is -2.43. The molecule has 0 saturated heterocycles. The molecule has 0 aromatic heterocycles. The quantitative estimate of drug-likeness (QED) is 0.769. The number of rotatable bonds is 4. The SMILES string of the molecule is COc1ccc(C(F)(F)F)cc1NS(=O)(=O)c1cccc(C(F)(F)F)c1. The average Bonchev–Trinajstić information content (AvgIpc) is 2.53. The molecule has 0 radical (unpaired) electrons. The number of anilines is 1. The fourth-order valence-electron chi connectivity index (χ4n) is 2.01. The van der Waals surface area contributed by atoms with Crippen molar-refractivity contribution in [3.8, 4) is 5.75 Å². The zero-order valence-electron chi connectivity index (χ0n) is 12.9. The minimum Gasteiger partial charge on any atom is -0.495 e. The predicted octanol–water partition coefficient (Wildman–Crippen LogP) is 4.53. The maximum atomic E-state index is 12.8. The van der Waals surface area contributed by atoms with E-state index in [1.165, 1.54) is 0 Å². The van der Waals surface area contributed by atoms with Crippen molar-refractivity contribution in [3.05, 3.63) is 53.6 Å². The van der Waals surface area contributed by atoms with Crippen molar-refractivity contribution in [1.82, 2.24) is 0 Å². The average molecular weight is 399 g/mol. The summed E-state index contributed by atoms with van der Waals surface area (Å²) >= 11 is 0. The highest BCUT2D eigenvalue weighted by Gasteiger charge is 2.33. The van der Waals surface area contributed by atoms with Gasteiger partial charge >= 0.3 is 12.4 Å². The molecule has 11 heteroatoms. The highest BCUT2D eigenvalue weighted by molar-refractivity contribution is 7.92. The third kappa shape index (κ3) is 4.40. The Morgan fingerprint density at radius 1 is 0.885 bits per heavy atom. The molecule has 0 aliphatic rings. The molecule has 0 aliphatic heterocycles. The summed E-state index contributed by atoms with van der Waals surface area (Å²) in [4.78, 5) is -0.758. The van der Waals surface area contributed by atoms with Crippen LogP contribution < -0.4 is 9.46 Å². The van der Waals surface area contributed by atoms with Crippen molar-refractivity contribution in [2.24, 2.45) is 0 Å². The highest BCUT2D eigenvalue weighted by atomic mass is 32.2. The number of ether oxygens (including phenoxy) is 1. The van der Waals surface area contributed by atoms with E-state index in [0.29, 0.717) is 24.3 Å². The second-order valence-electron chi connectivity index (χ2n) is 5.04. The van der Waals surface area contributed by atoms with Crippen LogP contribution in [0.5, 0.6) is 5.75 Å². The monoisotopic (exact) mass is 399 g/mol. The van der Waals surface area contributed by atoms with Gasteiger partial charge in [-0.15, -0.1) is 0 Å². The first-order valence-electron chi connectivity index (χ1n) is 6.80. The number of hydrogen-bond acceptors (Lipinski definition) is 3. The minimum absolute atomic E-state index is 0.228. The molecule has 0 spiro atoms. The van der Waals surface area contributed by atoms with Gasteiger partial charge in [0.1, 0.15) is 5.75 Å². The number of benzene rings is 2. The smallest absolute Gasteiger partial charge is 0.416 e. The summed E-state index contributed by atoms with van der Waals surface area (Å²) in [6.07, 6.45) is -9.53. The summed E-state index contributed by atoms with van der Waals surface area (Å²) in [6, 6.07) is 4.88. The summed E-state index contributed by atoms with van der Waals surface area (Å²) in [7, 11) is -3.49. The first-order valence-corrected chi connectivity index (χ1v) is 8.28. The number of methoxy groups -OCH3 is 1. The molecule has 2 aromatic rings. The summed E-state index contributed by atoms with van der Waals surface area (Å²) in [5.74, 6) is -0.228. The second kappa shape index (κ2) is 6.71. The fraction of sp³-hybridized carbons (Fsp3) is 0.200. The highest BCUT2D eigenvalue weighted by Crippen LogP contribution is 2.36. The molecule has 142 valence electrons. The van der Waals surface area contributed by atoms with Crippen molar-refractivity contribution < 1.29 is 39.5 Å². The van der Waals surface area contributed by atoms with Crippen LogP contribution in [0.25, 0.3) is 0 Å². The Labute approximate surface area is 144 Å². The Balaban J connectivity index is 2.47. The standard InChI is InChI=1S/C15H11F6NO3S/c1-25-13-6-5-10(15(19,20)21)8-12(13)22-26(23,24)11-4-2-3-9(7-11)14(16,17)18/h2-8,22H,1H3. The molecule has 26 heavy (non-hydrogen) atoms. The summed E-state index contributed by atoms with van der Waals surface area (Å²) in [5, 5.41) is 0. The van der Waals surface area contributed by atoms with Crippen LogP contribution in [-0.2, 0) is 22.4 Å². The first-order chi connectivity index (χ1) is 11.8. The Bertz CT molecular complexity index is 906. The third-order valence-corrected chi connectivity index (χ3v) is 4.61. The molecule has 4 nitrogen and oxygen atoms in total. The number of hydrogen-bond donors (Lipinski definition) is 1. The van der Waals surface area contributed by atoms with Crippen LogP contribution in [0.1, 0.15) is 11.1 Å². The van der Waals surface area contributed by atoms with Crippen LogP contribution in [-0.4, -0.2) is 15.5 Å². The van der Waals surface area contributed by atoms with E-state index in [9.17, 15) is 34.8 Å². The molecule has 0 amide bonds. The van der Waals surface area contributed by atoms with Crippen molar-refractivity contribution >= 4 is 15.7 Å². The molecule has 2 aromatic carbocycles. The van der Waals surface area contributed by atoms with Gasteiger partial charge in [0.2, 0.25) is 0 Å². The van der Waals surface area contributed by atoms with Crippen molar-refractivity contribution in [2.45, 2.75) is 17.2 Å². The van der Waals surface area contributed by atoms with Crippen LogP contribution in [0.3, 0.4) is 0 Å². The molecule has 1 N–H and O–H groups in total. The lowest BCUT2D eigenvalue weighted by Crippen LogP contribution is -2.16. The van der Waals surface area contributed by atoms with Gasteiger partial charge in [-0.1, -0.05) is 6.07 Å². The van der Waals surface area contributed by atoms with Crippen LogP contribution in [0.4, 0.5) is 32.0 Å².